The van der Waals surface area contributed by atoms with Crippen molar-refractivity contribution in [2.75, 3.05) is 18.4 Å². The number of likely N-dealkylation sites (tertiary alicyclic amines) is 1. The standard InChI is InChI=1S/C13H18Cl2N2/c1-9(2)17-6-5-11(8-17)16-13-4-3-10(14)7-12(13)15/h3-4,7,9,11,16H,5-6,8H2,1-2H3. The van der Waals surface area contributed by atoms with Crippen molar-refractivity contribution < 1.29 is 0 Å². The molecule has 1 aliphatic rings. The van der Waals surface area contributed by atoms with Gasteiger partial charge in [0.05, 0.1) is 10.7 Å². The molecule has 0 amide bonds. The topological polar surface area (TPSA) is 15.3 Å². The Hall–Kier alpha value is -0.440. The lowest BCUT2D eigenvalue weighted by molar-refractivity contribution is 0.274. The maximum absolute atomic E-state index is 6.15. The Morgan fingerprint density at radius 1 is 1.35 bits per heavy atom. The van der Waals surface area contributed by atoms with E-state index in [0.29, 0.717) is 22.1 Å². The van der Waals surface area contributed by atoms with Crippen LogP contribution in [-0.4, -0.2) is 30.1 Å². The summed E-state index contributed by atoms with van der Waals surface area (Å²) in [5, 5.41) is 4.86. The van der Waals surface area contributed by atoms with Crippen LogP contribution in [-0.2, 0) is 0 Å². The fraction of sp³-hybridized carbons (Fsp3) is 0.538. The fourth-order valence-corrected chi connectivity index (χ4v) is 2.66. The lowest BCUT2D eigenvalue weighted by Gasteiger charge is -2.21. The zero-order valence-electron chi connectivity index (χ0n) is 10.2. The summed E-state index contributed by atoms with van der Waals surface area (Å²) in [5.74, 6) is 0. The molecule has 4 heteroatoms. The molecule has 0 saturated carbocycles. The van der Waals surface area contributed by atoms with E-state index in [0.717, 1.165) is 25.2 Å². The highest BCUT2D eigenvalue weighted by molar-refractivity contribution is 6.36. The molecular weight excluding hydrogens is 255 g/mol. The molecule has 0 radical (unpaired) electrons. The van der Waals surface area contributed by atoms with Crippen molar-refractivity contribution in [1.82, 2.24) is 4.90 Å². The van der Waals surface area contributed by atoms with Crippen LogP contribution in [0.1, 0.15) is 20.3 Å². The Kier molecular flexibility index (Phi) is 4.18. The first-order valence-electron chi connectivity index (χ1n) is 6.02. The highest BCUT2D eigenvalue weighted by Crippen LogP contribution is 2.27. The molecule has 0 spiro atoms. The number of nitrogens with one attached hydrogen (secondary N) is 1. The van der Waals surface area contributed by atoms with Crippen molar-refractivity contribution in [3.63, 3.8) is 0 Å². The van der Waals surface area contributed by atoms with E-state index in [-0.39, 0.29) is 0 Å². The van der Waals surface area contributed by atoms with Gasteiger partial charge in [-0.1, -0.05) is 23.2 Å². The van der Waals surface area contributed by atoms with Gasteiger partial charge in [0.2, 0.25) is 0 Å². The maximum atomic E-state index is 6.15. The first-order chi connectivity index (χ1) is 8.06. The molecular formula is C13H18Cl2N2. The predicted octanol–water partition coefficient (Wildman–Crippen LogP) is 3.89. The maximum Gasteiger partial charge on any atom is 0.0652 e. The summed E-state index contributed by atoms with van der Waals surface area (Å²) in [6.07, 6.45) is 1.16. The van der Waals surface area contributed by atoms with Crippen LogP contribution in [0.15, 0.2) is 18.2 Å². The van der Waals surface area contributed by atoms with Gasteiger partial charge in [0.1, 0.15) is 0 Å². The molecule has 0 aliphatic carbocycles. The molecule has 1 aliphatic heterocycles. The van der Waals surface area contributed by atoms with Gasteiger partial charge in [-0.2, -0.15) is 0 Å². The molecule has 1 saturated heterocycles. The highest BCUT2D eigenvalue weighted by Gasteiger charge is 2.24. The van der Waals surface area contributed by atoms with E-state index in [1.54, 1.807) is 6.07 Å². The Morgan fingerprint density at radius 2 is 2.12 bits per heavy atom. The van der Waals surface area contributed by atoms with Crippen LogP contribution in [0.4, 0.5) is 5.69 Å². The summed E-state index contributed by atoms with van der Waals surface area (Å²) < 4.78 is 0. The minimum absolute atomic E-state index is 0.482. The second kappa shape index (κ2) is 5.47. The minimum Gasteiger partial charge on any atom is -0.380 e. The lowest BCUT2D eigenvalue weighted by atomic mass is 10.2. The third kappa shape index (κ3) is 3.27. The third-order valence-electron chi connectivity index (χ3n) is 3.24. The van der Waals surface area contributed by atoms with Crippen molar-refractivity contribution >= 4 is 28.9 Å². The third-order valence-corrected chi connectivity index (χ3v) is 3.79. The van der Waals surface area contributed by atoms with Gasteiger partial charge in [0.15, 0.2) is 0 Å². The molecule has 17 heavy (non-hydrogen) atoms. The normalized spacial score (nSPS) is 21.1. The largest absolute Gasteiger partial charge is 0.380 e. The van der Waals surface area contributed by atoms with E-state index in [1.165, 1.54) is 0 Å². The number of halogens is 2. The first-order valence-corrected chi connectivity index (χ1v) is 6.77. The lowest BCUT2D eigenvalue weighted by Crippen LogP contribution is -2.31. The Morgan fingerprint density at radius 3 is 2.71 bits per heavy atom. The van der Waals surface area contributed by atoms with Crippen molar-refractivity contribution in [1.29, 1.82) is 0 Å². The van der Waals surface area contributed by atoms with Crippen LogP contribution in [0.25, 0.3) is 0 Å². The molecule has 1 unspecified atom stereocenters. The zero-order chi connectivity index (χ0) is 12.4. The van der Waals surface area contributed by atoms with Crippen LogP contribution < -0.4 is 5.32 Å². The van der Waals surface area contributed by atoms with Gasteiger partial charge in [0, 0.05) is 30.2 Å². The molecule has 1 N–H and O–H groups in total. The van der Waals surface area contributed by atoms with Crippen molar-refractivity contribution in [3.05, 3.63) is 28.2 Å². The predicted molar refractivity (Wildman–Crippen MR) is 75.2 cm³/mol. The molecule has 2 rings (SSSR count). The van der Waals surface area contributed by atoms with Gasteiger partial charge in [-0.25, -0.2) is 0 Å². The SMILES string of the molecule is CC(C)N1CCC(Nc2ccc(Cl)cc2Cl)C1. The van der Waals surface area contributed by atoms with E-state index in [9.17, 15) is 0 Å². The zero-order valence-corrected chi connectivity index (χ0v) is 11.7. The van der Waals surface area contributed by atoms with E-state index in [2.05, 4.69) is 24.1 Å². The Balaban J connectivity index is 1.98. The molecule has 1 aromatic rings. The van der Waals surface area contributed by atoms with E-state index < -0.39 is 0 Å². The van der Waals surface area contributed by atoms with E-state index >= 15 is 0 Å². The summed E-state index contributed by atoms with van der Waals surface area (Å²) in [6, 6.07) is 6.69. The average molecular weight is 273 g/mol. The molecule has 1 atom stereocenters. The summed E-state index contributed by atoms with van der Waals surface area (Å²) in [4.78, 5) is 2.47. The second-order valence-corrected chi connectivity index (χ2v) is 5.69. The number of nitrogens with zero attached hydrogens (tertiary/aromatic N) is 1. The van der Waals surface area contributed by atoms with E-state index in [1.807, 2.05) is 12.1 Å². The van der Waals surface area contributed by atoms with Crippen molar-refractivity contribution in [2.24, 2.45) is 0 Å². The highest BCUT2D eigenvalue weighted by atomic mass is 35.5. The average Bonchev–Trinajstić information content (AvgIpc) is 2.71. The molecule has 0 bridgehead atoms. The number of hydrogen-bond acceptors (Lipinski definition) is 2. The van der Waals surface area contributed by atoms with Crippen LogP contribution in [0.5, 0.6) is 0 Å². The molecule has 1 fully saturated rings. The van der Waals surface area contributed by atoms with Gasteiger partial charge in [-0.15, -0.1) is 0 Å². The molecule has 94 valence electrons. The summed E-state index contributed by atoms with van der Waals surface area (Å²) in [7, 11) is 0. The monoisotopic (exact) mass is 272 g/mol. The number of rotatable bonds is 3. The Labute approximate surface area is 113 Å². The Bertz CT molecular complexity index is 393. The van der Waals surface area contributed by atoms with Crippen LogP contribution in [0.2, 0.25) is 10.0 Å². The smallest absolute Gasteiger partial charge is 0.0652 e. The van der Waals surface area contributed by atoms with Gasteiger partial charge in [0.25, 0.3) is 0 Å². The summed E-state index contributed by atoms with van der Waals surface area (Å²) >= 11 is 12.0. The van der Waals surface area contributed by atoms with Gasteiger partial charge in [-0.05, 0) is 38.5 Å². The minimum atomic E-state index is 0.482. The van der Waals surface area contributed by atoms with Gasteiger partial charge in [-0.3, -0.25) is 4.90 Å². The molecule has 2 nitrogen and oxygen atoms in total. The number of benzene rings is 1. The molecule has 1 aromatic carbocycles. The number of anilines is 1. The van der Waals surface area contributed by atoms with Gasteiger partial charge < -0.3 is 5.32 Å². The van der Waals surface area contributed by atoms with Crippen molar-refractivity contribution in [2.45, 2.75) is 32.4 Å². The molecule has 1 heterocycles. The summed E-state index contributed by atoms with van der Waals surface area (Å²) in [6.45, 7) is 6.70. The quantitative estimate of drug-likeness (QED) is 0.898. The van der Waals surface area contributed by atoms with Crippen LogP contribution in [0.3, 0.4) is 0 Å². The van der Waals surface area contributed by atoms with E-state index in [4.69, 9.17) is 23.2 Å². The van der Waals surface area contributed by atoms with Crippen LogP contribution >= 0.6 is 23.2 Å². The van der Waals surface area contributed by atoms with Crippen molar-refractivity contribution in [3.8, 4) is 0 Å². The fourth-order valence-electron chi connectivity index (χ4n) is 2.20. The van der Waals surface area contributed by atoms with Gasteiger partial charge >= 0.3 is 0 Å². The second-order valence-electron chi connectivity index (χ2n) is 4.84. The number of hydrogen-bond donors (Lipinski definition) is 1. The first kappa shape index (κ1) is 13.0. The van der Waals surface area contributed by atoms with Crippen LogP contribution in [0, 0.1) is 0 Å². The molecule has 0 aromatic heterocycles. The summed E-state index contributed by atoms with van der Waals surface area (Å²) in [5.41, 5.74) is 0.978.